The van der Waals surface area contributed by atoms with Crippen molar-refractivity contribution >= 4 is 32.6 Å². The van der Waals surface area contributed by atoms with E-state index in [1.54, 1.807) is 0 Å². The number of aromatic nitrogens is 4. The second-order valence-electron chi connectivity index (χ2n) is 13.9. The van der Waals surface area contributed by atoms with Gasteiger partial charge in [0.2, 0.25) is 0 Å². The van der Waals surface area contributed by atoms with Crippen LogP contribution in [0.4, 0.5) is 0 Å². The number of nitrogens with zero attached hydrogens (tertiary/aromatic N) is 4. The van der Waals surface area contributed by atoms with Crippen LogP contribution in [0.1, 0.15) is 22.3 Å². The molecule has 2 aromatic heterocycles. The predicted octanol–water partition coefficient (Wildman–Crippen LogP) is 11.8. The third-order valence-electron chi connectivity index (χ3n) is 11.1. The summed E-state index contributed by atoms with van der Waals surface area (Å²) in [4.78, 5) is 15.3. The lowest BCUT2D eigenvalue weighted by Crippen LogP contribution is -2.35. The van der Waals surface area contributed by atoms with Crippen LogP contribution >= 0.6 is 0 Å². The molecule has 0 amide bonds. The van der Waals surface area contributed by atoms with E-state index in [0.717, 1.165) is 27.5 Å². The van der Waals surface area contributed by atoms with Gasteiger partial charge in [0.15, 0.2) is 17.5 Å². The lowest BCUT2D eigenvalue weighted by atomic mass is 9.62. The molecule has 0 spiro atoms. The second kappa shape index (κ2) is 11.9. The number of rotatable bonds is 5. The smallest absolute Gasteiger partial charge is 0.164 e. The highest BCUT2D eigenvalue weighted by Crippen LogP contribution is 2.55. The molecule has 54 heavy (non-hydrogen) atoms. The van der Waals surface area contributed by atoms with Gasteiger partial charge >= 0.3 is 0 Å². The Morgan fingerprint density at radius 2 is 0.889 bits per heavy atom. The van der Waals surface area contributed by atoms with Gasteiger partial charge < -0.3 is 4.57 Å². The normalized spacial score (nSPS) is 14.7. The molecule has 1 unspecified atom stereocenters. The summed E-state index contributed by atoms with van der Waals surface area (Å²) >= 11 is 0. The fourth-order valence-electron chi connectivity index (χ4n) is 8.90. The van der Waals surface area contributed by atoms with Crippen molar-refractivity contribution in [3.05, 3.63) is 216 Å². The van der Waals surface area contributed by atoms with Gasteiger partial charge in [0.25, 0.3) is 0 Å². The van der Waals surface area contributed by atoms with E-state index in [1.165, 1.54) is 49.7 Å². The van der Waals surface area contributed by atoms with E-state index in [-0.39, 0.29) is 0 Å². The summed E-state index contributed by atoms with van der Waals surface area (Å²) in [6.45, 7) is 0. The predicted molar refractivity (Wildman–Crippen MR) is 220 cm³/mol. The second-order valence-corrected chi connectivity index (χ2v) is 13.9. The zero-order valence-electron chi connectivity index (χ0n) is 29.3. The Balaban J connectivity index is 1.25. The van der Waals surface area contributed by atoms with Crippen molar-refractivity contribution < 1.29 is 0 Å². The van der Waals surface area contributed by atoms with Crippen molar-refractivity contribution in [1.82, 2.24) is 19.5 Å². The summed E-state index contributed by atoms with van der Waals surface area (Å²) in [6, 6.07) is 69.3. The first-order valence-corrected chi connectivity index (χ1v) is 18.4. The topological polar surface area (TPSA) is 43.6 Å². The molecule has 0 saturated heterocycles. The monoisotopic (exact) mass is 688 g/mol. The molecular weight excluding hydrogens is 657 g/mol. The molecule has 8 aromatic carbocycles. The maximum atomic E-state index is 5.16. The standard InChI is InChI=1S/C50H32N4/c1-4-17-33(18-5-1)47-51-48(34-19-6-2-7-20-34)53-49(52-47)40-31-32-41(37-24-11-10-23-36(37)40)50(35-21-8-3-9-22-35)42-27-13-15-30-45(42)54-44-29-14-12-25-38(44)39-26-16-28-43(50)46(39)54/h1-32H. The molecule has 11 rings (SSSR count). The van der Waals surface area contributed by atoms with Gasteiger partial charge in [-0.15, -0.1) is 0 Å². The van der Waals surface area contributed by atoms with Gasteiger partial charge in [0, 0.05) is 27.5 Å². The summed E-state index contributed by atoms with van der Waals surface area (Å²) < 4.78 is 2.48. The van der Waals surface area contributed by atoms with E-state index < -0.39 is 5.41 Å². The molecule has 10 aromatic rings. The van der Waals surface area contributed by atoms with Gasteiger partial charge in [-0.1, -0.05) is 182 Å². The zero-order valence-corrected chi connectivity index (χ0v) is 29.3. The van der Waals surface area contributed by atoms with Crippen LogP contribution in [0, 0.1) is 0 Å². The highest BCUT2D eigenvalue weighted by molar-refractivity contribution is 6.12. The minimum Gasteiger partial charge on any atom is -0.309 e. The molecule has 0 aliphatic carbocycles. The van der Waals surface area contributed by atoms with Crippen LogP contribution in [-0.2, 0) is 5.41 Å². The molecule has 0 radical (unpaired) electrons. The Morgan fingerprint density at radius 1 is 0.352 bits per heavy atom. The average Bonchev–Trinajstić information content (AvgIpc) is 3.60. The summed E-state index contributed by atoms with van der Waals surface area (Å²) in [5.41, 5.74) is 10.8. The zero-order chi connectivity index (χ0) is 35.6. The van der Waals surface area contributed by atoms with Crippen molar-refractivity contribution in [1.29, 1.82) is 0 Å². The number of benzene rings is 8. The minimum absolute atomic E-state index is 0.636. The Bertz CT molecular complexity index is 2980. The molecule has 0 N–H and O–H groups in total. The first kappa shape index (κ1) is 30.5. The quantitative estimate of drug-likeness (QED) is 0.181. The highest BCUT2D eigenvalue weighted by atomic mass is 15.0. The van der Waals surface area contributed by atoms with Crippen LogP contribution in [0.25, 0.3) is 72.4 Å². The number of fused-ring (bicyclic) bond motifs is 6. The van der Waals surface area contributed by atoms with Gasteiger partial charge in [-0.3, -0.25) is 0 Å². The van der Waals surface area contributed by atoms with Crippen LogP contribution in [-0.4, -0.2) is 19.5 Å². The number of hydrogen-bond donors (Lipinski definition) is 0. The van der Waals surface area contributed by atoms with Gasteiger partial charge in [0.1, 0.15) is 0 Å². The third-order valence-corrected chi connectivity index (χ3v) is 11.1. The van der Waals surface area contributed by atoms with E-state index in [0.29, 0.717) is 17.5 Å². The van der Waals surface area contributed by atoms with Crippen LogP contribution < -0.4 is 0 Å². The van der Waals surface area contributed by atoms with Crippen LogP contribution in [0.15, 0.2) is 194 Å². The van der Waals surface area contributed by atoms with Crippen LogP contribution in [0.2, 0.25) is 0 Å². The molecule has 0 saturated carbocycles. The fraction of sp³-hybridized carbons (Fsp3) is 0.0200. The molecule has 1 aliphatic heterocycles. The Morgan fingerprint density at radius 3 is 1.61 bits per heavy atom. The molecule has 1 atom stereocenters. The average molecular weight is 689 g/mol. The molecule has 1 aliphatic rings. The first-order chi connectivity index (χ1) is 26.8. The minimum atomic E-state index is -0.636. The lowest BCUT2D eigenvalue weighted by molar-refractivity contribution is 0.734. The molecule has 4 nitrogen and oxygen atoms in total. The van der Waals surface area contributed by atoms with E-state index >= 15 is 0 Å². The lowest BCUT2D eigenvalue weighted by Gasteiger charge is -2.42. The number of hydrogen-bond acceptors (Lipinski definition) is 3. The summed E-state index contributed by atoms with van der Waals surface area (Å²) in [7, 11) is 0. The SMILES string of the molecule is c1ccc(-c2nc(-c3ccccc3)nc(-c3ccc(C4(c5ccccc5)c5ccccc5-n5c6ccccc6c6cccc4c65)c4ccccc34)n2)cc1. The fourth-order valence-corrected chi connectivity index (χ4v) is 8.90. The molecule has 0 bridgehead atoms. The van der Waals surface area contributed by atoms with Crippen LogP contribution in [0.3, 0.4) is 0 Å². The maximum Gasteiger partial charge on any atom is 0.164 e. The van der Waals surface area contributed by atoms with Gasteiger partial charge in [-0.2, -0.15) is 0 Å². The van der Waals surface area contributed by atoms with E-state index in [1.807, 2.05) is 36.4 Å². The maximum absolute atomic E-state index is 5.16. The van der Waals surface area contributed by atoms with E-state index in [9.17, 15) is 0 Å². The highest BCUT2D eigenvalue weighted by Gasteiger charge is 2.46. The summed E-state index contributed by atoms with van der Waals surface area (Å²) in [5.74, 6) is 1.94. The third kappa shape index (κ3) is 4.34. The molecule has 252 valence electrons. The molecule has 4 heteroatoms. The first-order valence-electron chi connectivity index (χ1n) is 18.4. The van der Waals surface area contributed by atoms with Crippen molar-refractivity contribution in [2.75, 3.05) is 0 Å². The summed E-state index contributed by atoms with van der Waals surface area (Å²) in [6.07, 6.45) is 0. The number of para-hydroxylation sites is 3. The van der Waals surface area contributed by atoms with Gasteiger partial charge in [-0.25, -0.2) is 15.0 Å². The summed E-state index contributed by atoms with van der Waals surface area (Å²) in [5, 5.41) is 4.75. The van der Waals surface area contributed by atoms with Crippen molar-refractivity contribution in [3.63, 3.8) is 0 Å². The van der Waals surface area contributed by atoms with Gasteiger partial charge in [-0.05, 0) is 45.2 Å². The Labute approximate surface area is 312 Å². The van der Waals surface area contributed by atoms with Crippen molar-refractivity contribution in [2.24, 2.45) is 0 Å². The Kier molecular flexibility index (Phi) is 6.73. The van der Waals surface area contributed by atoms with E-state index in [2.05, 4.69) is 162 Å². The largest absolute Gasteiger partial charge is 0.309 e. The van der Waals surface area contributed by atoms with E-state index in [4.69, 9.17) is 15.0 Å². The van der Waals surface area contributed by atoms with Crippen molar-refractivity contribution in [3.8, 4) is 39.9 Å². The molecule has 3 heterocycles. The molecular formula is C50H32N4. The van der Waals surface area contributed by atoms with Crippen molar-refractivity contribution in [2.45, 2.75) is 5.41 Å². The molecule has 0 fully saturated rings. The Hall–Kier alpha value is -7.17. The van der Waals surface area contributed by atoms with Crippen LogP contribution in [0.5, 0.6) is 0 Å². The van der Waals surface area contributed by atoms with Gasteiger partial charge in [0.05, 0.1) is 22.1 Å².